The summed E-state index contributed by atoms with van der Waals surface area (Å²) in [6.07, 6.45) is 5.21. The molecule has 1 aromatic carbocycles. The van der Waals surface area contributed by atoms with E-state index >= 15 is 0 Å². The molecule has 8 nitrogen and oxygen atoms in total. The number of nitrogens with one attached hydrogen (secondary N) is 1. The number of fused-ring (bicyclic) bond motifs is 1. The molecular weight excluding hydrogens is 292 g/mol. The molecule has 1 N–H and O–H groups in total. The molecule has 0 aliphatic heterocycles. The van der Waals surface area contributed by atoms with E-state index in [0.29, 0.717) is 17.1 Å². The Morgan fingerprint density at radius 2 is 1.91 bits per heavy atom. The van der Waals surface area contributed by atoms with Crippen LogP contribution >= 0.6 is 0 Å². The zero-order chi connectivity index (χ0) is 15.8. The molecule has 8 heteroatoms. The Balaban J connectivity index is 1.75. The van der Waals surface area contributed by atoms with Crippen LogP contribution in [0.2, 0.25) is 0 Å². The molecule has 4 rings (SSSR count). The topological polar surface area (TPSA) is 86.3 Å². The Bertz CT molecular complexity index is 967. The molecule has 4 aromatic rings. The Labute approximate surface area is 131 Å². The van der Waals surface area contributed by atoms with Gasteiger partial charge in [0.15, 0.2) is 11.2 Å². The van der Waals surface area contributed by atoms with Crippen molar-refractivity contribution in [1.82, 2.24) is 34.7 Å². The van der Waals surface area contributed by atoms with Crippen molar-refractivity contribution >= 4 is 22.8 Å². The number of rotatable bonds is 3. The lowest BCUT2D eigenvalue weighted by Gasteiger charge is -2.04. The first-order valence-electron chi connectivity index (χ1n) is 7.10. The third-order valence-corrected chi connectivity index (χ3v) is 3.43. The van der Waals surface area contributed by atoms with Crippen molar-refractivity contribution < 1.29 is 0 Å². The van der Waals surface area contributed by atoms with Crippen LogP contribution in [0.15, 0.2) is 42.9 Å². The van der Waals surface area contributed by atoms with E-state index < -0.39 is 0 Å². The fourth-order valence-corrected chi connectivity index (χ4v) is 2.26. The van der Waals surface area contributed by atoms with Crippen LogP contribution in [0.1, 0.15) is 5.56 Å². The molecule has 0 fully saturated rings. The van der Waals surface area contributed by atoms with Crippen molar-refractivity contribution in [3.8, 4) is 5.69 Å². The molecule has 0 bridgehead atoms. The van der Waals surface area contributed by atoms with Crippen LogP contribution < -0.4 is 5.32 Å². The lowest BCUT2D eigenvalue weighted by molar-refractivity contribution is 0.768. The molecule has 0 atom stereocenters. The largest absolute Gasteiger partial charge is 0.321 e. The lowest BCUT2D eigenvalue weighted by atomic mass is 10.2. The third-order valence-electron chi connectivity index (χ3n) is 3.43. The monoisotopic (exact) mass is 306 g/mol. The predicted molar refractivity (Wildman–Crippen MR) is 85.7 cm³/mol. The maximum Gasteiger partial charge on any atom is 0.229 e. The minimum atomic E-state index is 0.473. The fraction of sp³-hybridized carbons (Fsp3) is 0.133. The maximum atomic E-state index is 4.52. The second-order valence-electron chi connectivity index (χ2n) is 5.27. The lowest BCUT2D eigenvalue weighted by Crippen LogP contribution is -2.01. The molecule has 0 saturated carbocycles. The maximum absolute atomic E-state index is 4.52. The Kier molecular flexibility index (Phi) is 3.00. The van der Waals surface area contributed by atoms with Crippen molar-refractivity contribution in [3.63, 3.8) is 0 Å². The Morgan fingerprint density at radius 1 is 1.09 bits per heavy atom. The van der Waals surface area contributed by atoms with Crippen molar-refractivity contribution in [3.05, 3.63) is 48.4 Å². The van der Waals surface area contributed by atoms with Crippen LogP contribution in [0, 0.1) is 6.92 Å². The van der Waals surface area contributed by atoms with E-state index in [1.165, 1.54) is 5.56 Å². The van der Waals surface area contributed by atoms with E-state index in [0.717, 1.165) is 11.4 Å². The van der Waals surface area contributed by atoms with Crippen LogP contribution in [-0.2, 0) is 7.05 Å². The van der Waals surface area contributed by atoms with Gasteiger partial charge in [-0.15, -0.1) is 5.10 Å². The Morgan fingerprint density at radius 3 is 2.65 bits per heavy atom. The normalized spacial score (nSPS) is 11.0. The number of hydrogen-bond acceptors (Lipinski definition) is 6. The molecule has 0 amide bonds. The van der Waals surface area contributed by atoms with Gasteiger partial charge in [0.1, 0.15) is 0 Å². The van der Waals surface area contributed by atoms with Gasteiger partial charge in [-0.3, -0.25) is 4.68 Å². The molecule has 0 aliphatic carbocycles. The van der Waals surface area contributed by atoms with Gasteiger partial charge in [0, 0.05) is 13.2 Å². The molecule has 0 radical (unpaired) electrons. The van der Waals surface area contributed by atoms with Crippen molar-refractivity contribution in [1.29, 1.82) is 0 Å². The average Bonchev–Trinajstić information content (AvgIpc) is 3.14. The summed E-state index contributed by atoms with van der Waals surface area (Å²) in [7, 11) is 1.85. The first kappa shape index (κ1) is 13.4. The van der Waals surface area contributed by atoms with E-state index in [4.69, 9.17) is 0 Å². The van der Waals surface area contributed by atoms with Crippen molar-refractivity contribution in [2.24, 2.45) is 7.05 Å². The van der Waals surface area contributed by atoms with E-state index in [-0.39, 0.29) is 0 Å². The highest BCUT2D eigenvalue weighted by Crippen LogP contribution is 2.17. The summed E-state index contributed by atoms with van der Waals surface area (Å²) in [6, 6.07) is 8.03. The highest BCUT2D eigenvalue weighted by Gasteiger charge is 2.10. The first-order chi connectivity index (χ1) is 11.2. The second kappa shape index (κ2) is 5.16. The van der Waals surface area contributed by atoms with E-state index in [9.17, 15) is 0 Å². The summed E-state index contributed by atoms with van der Waals surface area (Å²) >= 11 is 0. The van der Waals surface area contributed by atoms with Crippen molar-refractivity contribution in [2.45, 2.75) is 6.92 Å². The summed E-state index contributed by atoms with van der Waals surface area (Å²) in [6.45, 7) is 2.04. The molecule has 0 spiro atoms. The number of anilines is 2. The second-order valence-corrected chi connectivity index (χ2v) is 5.27. The predicted octanol–water partition coefficient (Wildman–Crippen LogP) is 2.00. The van der Waals surface area contributed by atoms with Gasteiger partial charge in [0.05, 0.1) is 23.8 Å². The number of benzene rings is 1. The van der Waals surface area contributed by atoms with E-state index in [1.807, 2.05) is 44.4 Å². The zero-order valence-corrected chi connectivity index (χ0v) is 12.7. The van der Waals surface area contributed by atoms with Gasteiger partial charge in [0.2, 0.25) is 5.95 Å². The van der Waals surface area contributed by atoms with Crippen molar-refractivity contribution in [2.75, 3.05) is 5.32 Å². The van der Waals surface area contributed by atoms with Gasteiger partial charge < -0.3 is 5.32 Å². The smallest absolute Gasteiger partial charge is 0.229 e. The number of nitrogens with zero attached hydrogens (tertiary/aromatic N) is 7. The average molecular weight is 306 g/mol. The molecule has 0 aliphatic rings. The van der Waals surface area contributed by atoms with Gasteiger partial charge in [-0.25, -0.2) is 4.98 Å². The van der Waals surface area contributed by atoms with E-state index in [1.54, 1.807) is 21.8 Å². The summed E-state index contributed by atoms with van der Waals surface area (Å²) in [5, 5.41) is 15.5. The number of aromatic nitrogens is 7. The number of aryl methyl sites for hydroxylation is 2. The minimum absolute atomic E-state index is 0.473. The molecule has 3 heterocycles. The van der Waals surface area contributed by atoms with Gasteiger partial charge in [-0.2, -0.15) is 14.8 Å². The van der Waals surface area contributed by atoms with Crippen LogP contribution in [0.4, 0.5) is 11.6 Å². The fourth-order valence-electron chi connectivity index (χ4n) is 2.26. The van der Waals surface area contributed by atoms with E-state index in [2.05, 4.69) is 30.7 Å². The standard InChI is InChI=1S/C15H14N8/c1-10-3-5-12(6-4-10)23-14-13(20-21-23)8-16-15(19-14)18-11-7-17-22(2)9-11/h3-9H,1-2H3,(H,16,18,19). The van der Waals surface area contributed by atoms with Crippen LogP contribution in [0.25, 0.3) is 16.9 Å². The molecule has 114 valence electrons. The highest BCUT2D eigenvalue weighted by atomic mass is 15.4. The molecule has 3 aromatic heterocycles. The molecule has 0 saturated heterocycles. The molecular formula is C15H14N8. The molecule has 0 unspecified atom stereocenters. The van der Waals surface area contributed by atoms with Crippen LogP contribution in [-0.4, -0.2) is 34.7 Å². The molecule has 23 heavy (non-hydrogen) atoms. The summed E-state index contributed by atoms with van der Waals surface area (Å²) in [5.41, 5.74) is 4.20. The SMILES string of the molecule is Cc1ccc(-n2nnc3cnc(Nc4cnn(C)c4)nc32)cc1. The highest BCUT2D eigenvalue weighted by molar-refractivity contribution is 5.72. The van der Waals surface area contributed by atoms with Gasteiger partial charge in [-0.1, -0.05) is 22.9 Å². The summed E-state index contributed by atoms with van der Waals surface area (Å²) in [5.74, 6) is 0.473. The van der Waals surface area contributed by atoms with Gasteiger partial charge in [-0.05, 0) is 19.1 Å². The summed E-state index contributed by atoms with van der Waals surface area (Å²) in [4.78, 5) is 8.77. The number of hydrogen-bond donors (Lipinski definition) is 1. The van der Waals surface area contributed by atoms with Gasteiger partial charge >= 0.3 is 0 Å². The van der Waals surface area contributed by atoms with Crippen LogP contribution in [0.5, 0.6) is 0 Å². The quantitative estimate of drug-likeness (QED) is 0.623. The third kappa shape index (κ3) is 2.50. The Hall–Kier alpha value is -3.29. The van der Waals surface area contributed by atoms with Crippen LogP contribution in [0.3, 0.4) is 0 Å². The van der Waals surface area contributed by atoms with Gasteiger partial charge in [0.25, 0.3) is 0 Å². The minimum Gasteiger partial charge on any atom is -0.321 e. The summed E-state index contributed by atoms with van der Waals surface area (Å²) < 4.78 is 3.41. The first-order valence-corrected chi connectivity index (χ1v) is 7.10. The zero-order valence-electron chi connectivity index (χ0n) is 12.7.